The number of carboxylic acids is 1. The Morgan fingerprint density at radius 3 is 2.82 bits per heavy atom. The minimum atomic E-state index is -0.712. The number of hydrogen-bond donors (Lipinski definition) is 1. The molecule has 1 aliphatic heterocycles. The Morgan fingerprint density at radius 2 is 2.24 bits per heavy atom. The van der Waals surface area contributed by atoms with Crippen LogP contribution >= 0.6 is 0 Å². The number of carbonyl (C=O) groups is 1. The molecule has 0 aliphatic carbocycles. The summed E-state index contributed by atoms with van der Waals surface area (Å²) in [5.74, 6) is -0.700. The normalized spacial score (nSPS) is 23.9. The van der Waals surface area contributed by atoms with Crippen LogP contribution in [0.4, 0.5) is 5.69 Å². The first-order chi connectivity index (χ1) is 8.20. The largest absolute Gasteiger partial charge is 0.479 e. The van der Waals surface area contributed by atoms with Crippen molar-refractivity contribution in [3.05, 3.63) is 24.5 Å². The average Bonchev–Trinajstić information content (AvgIpc) is 2.76. The number of aromatic nitrogens is 1. The lowest BCUT2D eigenvalue weighted by atomic mass is 9.90. The van der Waals surface area contributed by atoms with E-state index >= 15 is 0 Å². The second-order valence-electron chi connectivity index (χ2n) is 4.55. The number of hydrogen-bond acceptors (Lipinski definition) is 3. The van der Waals surface area contributed by atoms with Crippen molar-refractivity contribution in [1.29, 1.82) is 0 Å². The highest BCUT2D eigenvalue weighted by atomic mass is 16.4. The molecule has 1 saturated heterocycles. The summed E-state index contributed by atoms with van der Waals surface area (Å²) >= 11 is 0. The molecule has 1 aliphatic rings. The molecule has 1 aromatic heterocycles. The summed E-state index contributed by atoms with van der Waals surface area (Å²) in [5, 5.41) is 9.57. The van der Waals surface area contributed by atoms with Gasteiger partial charge in [-0.25, -0.2) is 4.79 Å². The molecule has 4 nitrogen and oxygen atoms in total. The third-order valence-corrected chi connectivity index (χ3v) is 3.52. The molecule has 4 heteroatoms. The number of carboxylic acid groups (broad SMARTS) is 1. The van der Waals surface area contributed by atoms with E-state index in [9.17, 15) is 9.90 Å². The molecule has 0 radical (unpaired) electrons. The molecule has 1 atom stereocenters. The zero-order valence-corrected chi connectivity index (χ0v) is 10.1. The van der Waals surface area contributed by atoms with Crippen LogP contribution in [0.25, 0.3) is 0 Å². The average molecular weight is 234 g/mol. The second-order valence-corrected chi connectivity index (χ2v) is 4.55. The van der Waals surface area contributed by atoms with Gasteiger partial charge in [0.15, 0.2) is 0 Å². The van der Waals surface area contributed by atoms with E-state index in [4.69, 9.17) is 0 Å². The maximum Gasteiger partial charge on any atom is 0.329 e. The number of anilines is 1. The number of pyridine rings is 1. The van der Waals surface area contributed by atoms with Gasteiger partial charge in [-0.05, 0) is 31.4 Å². The number of nitrogens with zero attached hydrogens (tertiary/aromatic N) is 2. The molecule has 0 aromatic carbocycles. The Balaban J connectivity index is 2.35. The van der Waals surface area contributed by atoms with Crippen molar-refractivity contribution < 1.29 is 9.90 Å². The molecule has 0 saturated carbocycles. The van der Waals surface area contributed by atoms with E-state index in [0.717, 1.165) is 31.5 Å². The molecule has 2 heterocycles. The third-order valence-electron chi connectivity index (χ3n) is 3.52. The summed E-state index contributed by atoms with van der Waals surface area (Å²) in [4.78, 5) is 17.6. The van der Waals surface area contributed by atoms with Crippen LogP contribution in [0.2, 0.25) is 0 Å². The molecule has 2 rings (SSSR count). The fourth-order valence-electron chi connectivity index (χ4n) is 2.78. The number of aliphatic carboxylic acids is 1. The highest BCUT2D eigenvalue weighted by molar-refractivity contribution is 5.84. The van der Waals surface area contributed by atoms with Gasteiger partial charge in [-0.1, -0.05) is 13.3 Å². The molecule has 0 amide bonds. The quantitative estimate of drug-likeness (QED) is 0.868. The molecule has 1 aromatic rings. The SMILES string of the molecule is CCCC1(C(=O)O)CCCN1c1ccncc1. The van der Waals surface area contributed by atoms with Crippen LogP contribution in [-0.2, 0) is 4.79 Å². The second kappa shape index (κ2) is 4.73. The predicted molar refractivity (Wildman–Crippen MR) is 66.1 cm³/mol. The Bertz CT molecular complexity index is 394. The van der Waals surface area contributed by atoms with Crippen LogP contribution in [-0.4, -0.2) is 28.1 Å². The van der Waals surface area contributed by atoms with Crippen molar-refractivity contribution in [2.24, 2.45) is 0 Å². The molecule has 1 fully saturated rings. The van der Waals surface area contributed by atoms with Crippen LogP contribution in [0.3, 0.4) is 0 Å². The van der Waals surface area contributed by atoms with Gasteiger partial charge in [0.25, 0.3) is 0 Å². The lowest BCUT2D eigenvalue weighted by molar-refractivity contribution is -0.143. The van der Waals surface area contributed by atoms with E-state index < -0.39 is 11.5 Å². The van der Waals surface area contributed by atoms with E-state index in [-0.39, 0.29) is 0 Å². The van der Waals surface area contributed by atoms with Crippen LogP contribution in [0.15, 0.2) is 24.5 Å². The Hall–Kier alpha value is -1.58. The molecular formula is C13H18N2O2. The summed E-state index contributed by atoms with van der Waals surface area (Å²) in [6, 6.07) is 3.78. The van der Waals surface area contributed by atoms with Crippen LogP contribution < -0.4 is 4.90 Å². The Labute approximate surface area is 101 Å². The van der Waals surface area contributed by atoms with Crippen molar-refractivity contribution in [1.82, 2.24) is 4.98 Å². The van der Waals surface area contributed by atoms with Crippen molar-refractivity contribution >= 4 is 11.7 Å². The molecule has 92 valence electrons. The minimum Gasteiger partial charge on any atom is -0.479 e. The van der Waals surface area contributed by atoms with Gasteiger partial charge < -0.3 is 10.0 Å². The van der Waals surface area contributed by atoms with Gasteiger partial charge in [0.2, 0.25) is 0 Å². The van der Waals surface area contributed by atoms with Crippen molar-refractivity contribution in [2.45, 2.75) is 38.1 Å². The Morgan fingerprint density at radius 1 is 1.53 bits per heavy atom. The molecule has 17 heavy (non-hydrogen) atoms. The van der Waals surface area contributed by atoms with Crippen LogP contribution in [0, 0.1) is 0 Å². The summed E-state index contributed by atoms with van der Waals surface area (Å²) in [6.45, 7) is 2.85. The van der Waals surface area contributed by atoms with E-state index in [1.165, 1.54) is 0 Å². The van der Waals surface area contributed by atoms with Crippen molar-refractivity contribution in [3.63, 3.8) is 0 Å². The topological polar surface area (TPSA) is 53.4 Å². The van der Waals surface area contributed by atoms with Gasteiger partial charge >= 0.3 is 5.97 Å². The monoisotopic (exact) mass is 234 g/mol. The van der Waals surface area contributed by atoms with E-state index in [2.05, 4.69) is 4.98 Å². The van der Waals surface area contributed by atoms with E-state index in [0.29, 0.717) is 6.42 Å². The van der Waals surface area contributed by atoms with Gasteiger partial charge in [-0.3, -0.25) is 4.98 Å². The smallest absolute Gasteiger partial charge is 0.329 e. The summed E-state index contributed by atoms with van der Waals surface area (Å²) in [7, 11) is 0. The summed E-state index contributed by atoms with van der Waals surface area (Å²) < 4.78 is 0. The summed E-state index contributed by atoms with van der Waals surface area (Å²) in [5.41, 5.74) is 0.254. The van der Waals surface area contributed by atoms with Gasteiger partial charge in [0.05, 0.1) is 0 Å². The maximum absolute atomic E-state index is 11.6. The first kappa shape index (κ1) is 11.9. The first-order valence-electron chi connectivity index (χ1n) is 6.12. The van der Waals surface area contributed by atoms with E-state index in [1.807, 2.05) is 24.0 Å². The highest BCUT2D eigenvalue weighted by Crippen LogP contribution is 2.37. The molecular weight excluding hydrogens is 216 g/mol. The van der Waals surface area contributed by atoms with Gasteiger partial charge in [0, 0.05) is 24.6 Å². The zero-order chi connectivity index (χ0) is 12.3. The lowest BCUT2D eigenvalue weighted by Gasteiger charge is -2.36. The fourth-order valence-corrected chi connectivity index (χ4v) is 2.78. The molecule has 0 bridgehead atoms. The number of rotatable bonds is 4. The standard InChI is InChI=1S/C13H18N2O2/c1-2-6-13(12(16)17)7-3-10-15(13)11-4-8-14-9-5-11/h4-5,8-9H,2-3,6-7,10H2,1H3,(H,16,17). The molecule has 0 spiro atoms. The van der Waals surface area contributed by atoms with Crippen LogP contribution in [0.1, 0.15) is 32.6 Å². The predicted octanol–water partition coefficient (Wildman–Crippen LogP) is 2.31. The van der Waals surface area contributed by atoms with Gasteiger partial charge in [-0.2, -0.15) is 0 Å². The Kier molecular flexibility index (Phi) is 3.31. The van der Waals surface area contributed by atoms with Crippen molar-refractivity contribution in [3.8, 4) is 0 Å². The van der Waals surface area contributed by atoms with E-state index in [1.54, 1.807) is 12.4 Å². The van der Waals surface area contributed by atoms with Gasteiger partial charge in [-0.15, -0.1) is 0 Å². The lowest BCUT2D eigenvalue weighted by Crippen LogP contribution is -2.50. The van der Waals surface area contributed by atoms with Gasteiger partial charge in [0.1, 0.15) is 5.54 Å². The third kappa shape index (κ3) is 1.99. The first-order valence-corrected chi connectivity index (χ1v) is 6.12. The minimum absolute atomic E-state index is 0.699. The summed E-state index contributed by atoms with van der Waals surface area (Å²) in [6.07, 6.45) is 6.68. The van der Waals surface area contributed by atoms with Crippen molar-refractivity contribution in [2.75, 3.05) is 11.4 Å². The highest BCUT2D eigenvalue weighted by Gasteiger charge is 2.46. The maximum atomic E-state index is 11.6. The zero-order valence-electron chi connectivity index (χ0n) is 10.1. The fraction of sp³-hybridized carbons (Fsp3) is 0.538. The molecule has 1 unspecified atom stereocenters. The molecule has 1 N–H and O–H groups in total. The van der Waals surface area contributed by atoms with Crippen LogP contribution in [0.5, 0.6) is 0 Å².